The van der Waals surface area contributed by atoms with Crippen LogP contribution in [-0.4, -0.2) is 15.3 Å². The summed E-state index contributed by atoms with van der Waals surface area (Å²) in [5.74, 6) is 1.42. The van der Waals surface area contributed by atoms with E-state index in [-0.39, 0.29) is 5.92 Å². The molecule has 3 nitrogen and oxygen atoms in total. The summed E-state index contributed by atoms with van der Waals surface area (Å²) < 4.78 is 2.03. The summed E-state index contributed by atoms with van der Waals surface area (Å²) >= 11 is 0. The van der Waals surface area contributed by atoms with Crippen LogP contribution in [0, 0.1) is 5.92 Å². The highest BCUT2D eigenvalue weighted by Crippen LogP contribution is 2.12. The van der Waals surface area contributed by atoms with Crippen LogP contribution in [0.5, 0.6) is 0 Å². The van der Waals surface area contributed by atoms with Crippen LogP contribution in [0.15, 0.2) is 12.4 Å². The molecule has 1 aromatic heterocycles. The molecule has 15 heavy (non-hydrogen) atoms. The summed E-state index contributed by atoms with van der Waals surface area (Å²) in [6.07, 6.45) is 6.03. The first-order valence-electron chi connectivity index (χ1n) is 5.75. The molecule has 0 aromatic carbocycles. The Hall–Kier alpha value is -1.12. The fraction of sp³-hybridized carbons (Fsp3) is 0.667. The molecule has 3 heteroatoms. The Morgan fingerprint density at radius 3 is 2.60 bits per heavy atom. The lowest BCUT2D eigenvalue weighted by molar-refractivity contribution is -0.122. The summed E-state index contributed by atoms with van der Waals surface area (Å²) in [5.41, 5.74) is 0. The van der Waals surface area contributed by atoms with Gasteiger partial charge in [0.2, 0.25) is 0 Å². The highest BCUT2D eigenvalue weighted by molar-refractivity contribution is 5.82. The molecule has 0 spiro atoms. The van der Waals surface area contributed by atoms with Gasteiger partial charge >= 0.3 is 0 Å². The van der Waals surface area contributed by atoms with E-state index in [1.807, 2.05) is 10.8 Å². The van der Waals surface area contributed by atoms with Crippen LogP contribution < -0.4 is 0 Å². The van der Waals surface area contributed by atoms with Crippen LogP contribution in [0.2, 0.25) is 0 Å². The van der Waals surface area contributed by atoms with Crippen LogP contribution in [-0.2, 0) is 17.8 Å². The van der Waals surface area contributed by atoms with Crippen molar-refractivity contribution in [3.8, 4) is 0 Å². The molecule has 1 rings (SSSR count). The summed E-state index contributed by atoms with van der Waals surface area (Å²) in [6, 6.07) is 0. The zero-order chi connectivity index (χ0) is 11.3. The monoisotopic (exact) mass is 208 g/mol. The molecule has 0 aliphatic carbocycles. The van der Waals surface area contributed by atoms with Crippen molar-refractivity contribution in [1.29, 1.82) is 0 Å². The molecule has 0 aliphatic rings. The minimum Gasteiger partial charge on any atom is -0.335 e. The van der Waals surface area contributed by atoms with Crippen LogP contribution in [0.1, 0.15) is 39.4 Å². The van der Waals surface area contributed by atoms with Gasteiger partial charge in [-0.3, -0.25) is 4.79 Å². The van der Waals surface area contributed by atoms with E-state index < -0.39 is 0 Å². The SMILES string of the molecule is CCC(CC)C(=O)Cc1nccn1CC. The van der Waals surface area contributed by atoms with Gasteiger partial charge in [0.1, 0.15) is 11.6 Å². The van der Waals surface area contributed by atoms with Crippen LogP contribution in [0.4, 0.5) is 0 Å². The quantitative estimate of drug-likeness (QED) is 0.719. The third kappa shape index (κ3) is 2.91. The maximum absolute atomic E-state index is 11.9. The molecule has 1 heterocycles. The molecule has 0 amide bonds. The van der Waals surface area contributed by atoms with Gasteiger partial charge in [-0.05, 0) is 19.8 Å². The standard InChI is InChI=1S/C12H20N2O/c1-4-10(5-2)11(15)9-12-13-7-8-14(12)6-3/h7-8,10H,4-6,9H2,1-3H3. The number of rotatable bonds is 6. The Morgan fingerprint density at radius 2 is 2.07 bits per heavy atom. The third-order valence-electron chi connectivity index (χ3n) is 2.92. The molecule has 0 unspecified atom stereocenters. The van der Waals surface area contributed by atoms with Gasteiger partial charge in [-0.15, -0.1) is 0 Å². The topological polar surface area (TPSA) is 34.9 Å². The molecule has 0 N–H and O–H groups in total. The van der Waals surface area contributed by atoms with E-state index in [1.165, 1.54) is 0 Å². The predicted molar refractivity (Wildman–Crippen MR) is 60.7 cm³/mol. The fourth-order valence-electron chi connectivity index (χ4n) is 1.84. The highest BCUT2D eigenvalue weighted by atomic mass is 16.1. The van der Waals surface area contributed by atoms with Gasteiger partial charge in [-0.2, -0.15) is 0 Å². The van der Waals surface area contributed by atoms with E-state index in [0.29, 0.717) is 12.2 Å². The van der Waals surface area contributed by atoms with Gasteiger partial charge in [-0.1, -0.05) is 13.8 Å². The number of hydrogen-bond acceptors (Lipinski definition) is 2. The summed E-state index contributed by atoms with van der Waals surface area (Å²) in [4.78, 5) is 16.1. The number of Topliss-reactive ketones (excluding diaryl/α,β-unsaturated/α-hetero) is 1. The van der Waals surface area contributed by atoms with Gasteiger partial charge in [0, 0.05) is 24.9 Å². The van der Waals surface area contributed by atoms with Crippen LogP contribution in [0.3, 0.4) is 0 Å². The van der Waals surface area contributed by atoms with Crippen LogP contribution in [0.25, 0.3) is 0 Å². The number of aryl methyl sites for hydroxylation is 1. The number of imidazole rings is 1. The number of carbonyl (C=O) groups is 1. The minimum absolute atomic E-state index is 0.201. The van der Waals surface area contributed by atoms with E-state index in [0.717, 1.165) is 25.2 Å². The maximum Gasteiger partial charge on any atom is 0.143 e. The Balaban J connectivity index is 2.65. The smallest absolute Gasteiger partial charge is 0.143 e. The normalized spacial score (nSPS) is 10.9. The molecule has 1 aromatic rings. The van der Waals surface area contributed by atoms with Crippen molar-refractivity contribution in [3.63, 3.8) is 0 Å². The lowest BCUT2D eigenvalue weighted by Gasteiger charge is -2.11. The van der Waals surface area contributed by atoms with E-state index in [1.54, 1.807) is 6.20 Å². The van der Waals surface area contributed by atoms with Crippen molar-refractivity contribution in [2.75, 3.05) is 0 Å². The molecule has 84 valence electrons. The van der Waals surface area contributed by atoms with Crippen molar-refractivity contribution in [2.45, 2.75) is 46.6 Å². The van der Waals surface area contributed by atoms with Gasteiger partial charge in [-0.25, -0.2) is 4.98 Å². The van der Waals surface area contributed by atoms with Crippen molar-refractivity contribution < 1.29 is 4.79 Å². The Morgan fingerprint density at radius 1 is 1.40 bits per heavy atom. The Bertz CT molecular complexity index is 313. The van der Waals surface area contributed by atoms with Crippen molar-refractivity contribution in [2.24, 2.45) is 5.92 Å². The fourth-order valence-corrected chi connectivity index (χ4v) is 1.84. The number of carbonyl (C=O) groups excluding carboxylic acids is 1. The zero-order valence-corrected chi connectivity index (χ0v) is 9.86. The first-order valence-corrected chi connectivity index (χ1v) is 5.75. The van der Waals surface area contributed by atoms with E-state index >= 15 is 0 Å². The molecule has 0 atom stereocenters. The first kappa shape index (κ1) is 12.0. The molecule has 0 saturated heterocycles. The average Bonchev–Trinajstić information content (AvgIpc) is 2.67. The molecular formula is C12H20N2O. The summed E-state index contributed by atoms with van der Waals surface area (Å²) in [6.45, 7) is 7.08. The second-order valence-electron chi connectivity index (χ2n) is 3.79. The van der Waals surface area contributed by atoms with E-state index in [9.17, 15) is 4.79 Å². The lowest BCUT2D eigenvalue weighted by Crippen LogP contribution is -2.17. The van der Waals surface area contributed by atoms with Gasteiger partial charge < -0.3 is 4.57 Å². The second kappa shape index (κ2) is 5.69. The molecule has 0 bridgehead atoms. The third-order valence-corrected chi connectivity index (χ3v) is 2.92. The Labute approximate surface area is 91.5 Å². The van der Waals surface area contributed by atoms with E-state index in [4.69, 9.17) is 0 Å². The number of nitrogens with zero attached hydrogens (tertiary/aromatic N) is 2. The van der Waals surface area contributed by atoms with Gasteiger partial charge in [0.25, 0.3) is 0 Å². The van der Waals surface area contributed by atoms with Crippen molar-refractivity contribution in [3.05, 3.63) is 18.2 Å². The number of hydrogen-bond donors (Lipinski definition) is 0. The van der Waals surface area contributed by atoms with Gasteiger partial charge in [0.05, 0.1) is 6.42 Å². The number of aromatic nitrogens is 2. The maximum atomic E-state index is 11.9. The first-order chi connectivity index (χ1) is 7.22. The van der Waals surface area contributed by atoms with Crippen molar-refractivity contribution in [1.82, 2.24) is 9.55 Å². The molecule has 0 saturated carbocycles. The summed E-state index contributed by atoms with van der Waals surface area (Å²) in [7, 11) is 0. The van der Waals surface area contributed by atoms with Crippen LogP contribution >= 0.6 is 0 Å². The van der Waals surface area contributed by atoms with Gasteiger partial charge in [0.15, 0.2) is 0 Å². The predicted octanol–water partition coefficient (Wildman–Crippen LogP) is 2.45. The average molecular weight is 208 g/mol. The molecule has 0 fully saturated rings. The number of ketones is 1. The molecule has 0 radical (unpaired) electrons. The zero-order valence-electron chi connectivity index (χ0n) is 9.86. The highest BCUT2D eigenvalue weighted by Gasteiger charge is 2.16. The van der Waals surface area contributed by atoms with E-state index in [2.05, 4.69) is 25.8 Å². The summed E-state index contributed by atoms with van der Waals surface area (Å²) in [5, 5.41) is 0. The minimum atomic E-state index is 0.201. The second-order valence-corrected chi connectivity index (χ2v) is 3.79. The van der Waals surface area contributed by atoms with Crippen molar-refractivity contribution >= 4 is 5.78 Å². The molecular weight excluding hydrogens is 188 g/mol. The Kier molecular flexibility index (Phi) is 4.53. The molecule has 0 aliphatic heterocycles. The largest absolute Gasteiger partial charge is 0.335 e. The lowest BCUT2D eigenvalue weighted by atomic mass is 9.96.